The second-order valence-corrected chi connectivity index (χ2v) is 7.88. The number of carbonyl (C=O) groups is 1. The van der Waals surface area contributed by atoms with Gasteiger partial charge < -0.3 is 9.47 Å². The van der Waals surface area contributed by atoms with Crippen LogP contribution < -0.4 is 4.74 Å². The Labute approximate surface area is 164 Å². The van der Waals surface area contributed by atoms with Crippen molar-refractivity contribution in [3.8, 4) is 5.75 Å². The first-order valence-electron chi connectivity index (χ1n) is 8.97. The topological polar surface area (TPSA) is 35.5 Å². The first kappa shape index (κ1) is 20.0. The molecule has 0 aromatic heterocycles. The molecule has 0 atom stereocenters. The van der Waals surface area contributed by atoms with Crippen LogP contribution in [-0.2, 0) is 4.74 Å². The number of hydrogen-bond acceptors (Lipinski definition) is 3. The van der Waals surface area contributed by atoms with E-state index in [0.29, 0.717) is 17.9 Å². The normalized spacial score (nSPS) is 11.1. The van der Waals surface area contributed by atoms with E-state index in [1.807, 2.05) is 30.3 Å². The lowest BCUT2D eigenvalue weighted by atomic mass is 10.0. The summed E-state index contributed by atoms with van der Waals surface area (Å²) in [6.07, 6.45) is 5.73. The van der Waals surface area contributed by atoms with Crippen LogP contribution in [0.1, 0.15) is 56.3 Å². The zero-order valence-electron chi connectivity index (χ0n) is 15.3. The minimum absolute atomic E-state index is 0.297. The Hall–Kier alpha value is -1.30. The van der Waals surface area contributed by atoms with Gasteiger partial charge in [-0.2, -0.15) is 0 Å². The van der Waals surface area contributed by atoms with Crippen molar-refractivity contribution in [3.05, 3.63) is 39.5 Å². The predicted octanol–water partition coefficient (Wildman–Crippen LogP) is 6.22. The second kappa shape index (κ2) is 10.00. The van der Waals surface area contributed by atoms with Crippen LogP contribution in [0.25, 0.3) is 10.8 Å². The summed E-state index contributed by atoms with van der Waals surface area (Å²) in [5.74, 6) is 1.06. The molecule has 0 amide bonds. The van der Waals surface area contributed by atoms with Crippen LogP contribution in [0.4, 0.5) is 0 Å². The van der Waals surface area contributed by atoms with E-state index >= 15 is 0 Å². The Bertz CT molecular complexity index is 710. The fourth-order valence-electron chi connectivity index (χ4n) is 2.94. The van der Waals surface area contributed by atoms with Crippen LogP contribution in [0.5, 0.6) is 5.75 Å². The quantitative estimate of drug-likeness (QED) is 0.257. The van der Waals surface area contributed by atoms with Crippen molar-refractivity contribution in [1.82, 2.24) is 0 Å². The molecule has 2 aromatic carbocycles. The summed E-state index contributed by atoms with van der Waals surface area (Å²) in [4.78, 5) is 12.7. The summed E-state index contributed by atoms with van der Waals surface area (Å²) in [7, 11) is 1.60. The summed E-state index contributed by atoms with van der Waals surface area (Å²) in [6, 6.07) is 9.87. The highest BCUT2D eigenvalue weighted by Crippen LogP contribution is 2.33. The molecule has 0 aliphatic heterocycles. The molecule has 0 heterocycles. The second-order valence-electron chi connectivity index (χ2n) is 6.72. The maximum atomic E-state index is 12.7. The fraction of sp³-hybridized carbons (Fsp3) is 0.476. The molecule has 0 spiro atoms. The third-order valence-corrected chi connectivity index (χ3v) is 5.07. The van der Waals surface area contributed by atoms with Crippen LogP contribution in [0, 0.1) is 9.49 Å². The van der Waals surface area contributed by atoms with E-state index in [1.54, 1.807) is 7.11 Å². The number of fused-ring (bicyclic) bond motifs is 1. The van der Waals surface area contributed by atoms with E-state index < -0.39 is 0 Å². The molecule has 0 bridgehead atoms. The van der Waals surface area contributed by atoms with E-state index in [9.17, 15) is 4.79 Å². The third kappa shape index (κ3) is 5.59. The summed E-state index contributed by atoms with van der Waals surface area (Å²) in [6.45, 7) is 4.96. The molecule has 0 unspecified atom stereocenters. The lowest BCUT2D eigenvalue weighted by Crippen LogP contribution is -2.10. The number of ether oxygens (including phenoxy) is 2. The van der Waals surface area contributed by atoms with Crippen LogP contribution >= 0.6 is 22.6 Å². The lowest BCUT2D eigenvalue weighted by molar-refractivity contribution is 0.0496. The van der Waals surface area contributed by atoms with Gasteiger partial charge in [-0.1, -0.05) is 63.8 Å². The highest BCUT2D eigenvalue weighted by molar-refractivity contribution is 14.1. The number of benzene rings is 2. The Balaban J connectivity index is 1.99. The van der Waals surface area contributed by atoms with Crippen LogP contribution in [0.2, 0.25) is 0 Å². The zero-order chi connectivity index (χ0) is 18.2. The van der Waals surface area contributed by atoms with Crippen LogP contribution in [0.15, 0.2) is 30.3 Å². The van der Waals surface area contributed by atoms with E-state index in [2.05, 4.69) is 36.4 Å². The molecule has 0 saturated heterocycles. The van der Waals surface area contributed by atoms with E-state index in [1.165, 1.54) is 19.3 Å². The summed E-state index contributed by atoms with van der Waals surface area (Å²) in [5.41, 5.74) is 0.532. The van der Waals surface area contributed by atoms with Gasteiger partial charge in [0, 0.05) is 5.39 Å². The Kier molecular flexibility index (Phi) is 8.00. The maximum absolute atomic E-state index is 12.7. The number of methoxy groups -OCH3 is 1. The van der Waals surface area contributed by atoms with Crippen LogP contribution in [0.3, 0.4) is 0 Å². The predicted molar refractivity (Wildman–Crippen MR) is 111 cm³/mol. The molecule has 2 rings (SSSR count). The van der Waals surface area contributed by atoms with Gasteiger partial charge in [-0.25, -0.2) is 4.79 Å². The molecule has 0 N–H and O–H groups in total. The summed E-state index contributed by atoms with van der Waals surface area (Å²) in [5, 5.41) is 1.90. The van der Waals surface area contributed by atoms with Gasteiger partial charge in [-0.05, 0) is 46.4 Å². The molecule has 136 valence electrons. The van der Waals surface area contributed by atoms with E-state index in [4.69, 9.17) is 9.47 Å². The van der Waals surface area contributed by atoms with Crippen molar-refractivity contribution in [2.24, 2.45) is 5.92 Å². The number of carbonyl (C=O) groups excluding carboxylic acids is 1. The molecule has 4 heteroatoms. The largest absolute Gasteiger partial charge is 0.495 e. The van der Waals surface area contributed by atoms with Crippen molar-refractivity contribution in [3.63, 3.8) is 0 Å². The van der Waals surface area contributed by atoms with Crippen LogP contribution in [-0.4, -0.2) is 19.7 Å². The van der Waals surface area contributed by atoms with Crippen molar-refractivity contribution in [2.75, 3.05) is 13.7 Å². The molecule has 0 fully saturated rings. The SMILES string of the molecule is COc1c(I)cc2ccccc2c1C(=O)OCCCCCCC(C)C. The lowest BCUT2D eigenvalue weighted by Gasteiger charge is -2.13. The highest BCUT2D eigenvalue weighted by Gasteiger charge is 2.20. The number of hydrogen-bond donors (Lipinski definition) is 0. The van der Waals surface area contributed by atoms with Crippen molar-refractivity contribution in [1.29, 1.82) is 0 Å². The summed E-state index contributed by atoms with van der Waals surface area (Å²) < 4.78 is 11.9. The maximum Gasteiger partial charge on any atom is 0.342 e. The molecular formula is C21H27IO3. The number of halogens is 1. The average Bonchev–Trinajstić information content (AvgIpc) is 2.59. The molecule has 0 radical (unpaired) electrons. The monoisotopic (exact) mass is 454 g/mol. The van der Waals surface area contributed by atoms with E-state index in [0.717, 1.165) is 33.1 Å². The molecule has 0 aliphatic carbocycles. The van der Waals surface area contributed by atoms with Gasteiger partial charge in [-0.3, -0.25) is 0 Å². The standard InChI is InChI=1S/C21H27IO3/c1-15(2)10-6-4-5-9-13-25-21(23)19-17-12-8-7-11-16(17)14-18(22)20(19)24-3/h7-8,11-12,14-15H,4-6,9-10,13H2,1-3H3. The van der Waals surface area contributed by atoms with Gasteiger partial charge in [-0.15, -0.1) is 0 Å². The van der Waals surface area contributed by atoms with Crippen molar-refractivity contribution >= 4 is 39.3 Å². The third-order valence-electron chi connectivity index (χ3n) is 4.27. The summed E-state index contributed by atoms with van der Waals surface area (Å²) >= 11 is 2.20. The van der Waals surface area contributed by atoms with Gasteiger partial charge in [0.05, 0.1) is 17.3 Å². The first-order valence-corrected chi connectivity index (χ1v) is 10.0. The molecule has 2 aromatic rings. The average molecular weight is 454 g/mol. The Morgan fingerprint density at radius 1 is 1.12 bits per heavy atom. The fourth-order valence-corrected chi connectivity index (χ4v) is 3.77. The first-order chi connectivity index (χ1) is 12.0. The van der Waals surface area contributed by atoms with Gasteiger partial charge in [0.2, 0.25) is 0 Å². The smallest absolute Gasteiger partial charge is 0.342 e. The van der Waals surface area contributed by atoms with Gasteiger partial charge in [0.1, 0.15) is 11.3 Å². The molecule has 0 saturated carbocycles. The molecule has 25 heavy (non-hydrogen) atoms. The van der Waals surface area contributed by atoms with Crippen molar-refractivity contribution < 1.29 is 14.3 Å². The van der Waals surface area contributed by atoms with Crippen molar-refractivity contribution in [2.45, 2.75) is 46.0 Å². The van der Waals surface area contributed by atoms with E-state index in [-0.39, 0.29) is 5.97 Å². The minimum Gasteiger partial charge on any atom is -0.495 e. The van der Waals surface area contributed by atoms with Gasteiger partial charge >= 0.3 is 5.97 Å². The van der Waals surface area contributed by atoms with Gasteiger partial charge in [0.15, 0.2) is 0 Å². The number of esters is 1. The molecular weight excluding hydrogens is 427 g/mol. The zero-order valence-corrected chi connectivity index (χ0v) is 17.5. The number of unbranched alkanes of at least 4 members (excludes halogenated alkanes) is 3. The Morgan fingerprint density at radius 3 is 2.56 bits per heavy atom. The molecule has 0 aliphatic rings. The van der Waals surface area contributed by atoms with Gasteiger partial charge in [0.25, 0.3) is 0 Å². The Morgan fingerprint density at radius 2 is 1.84 bits per heavy atom. The number of rotatable bonds is 9. The molecule has 3 nitrogen and oxygen atoms in total. The minimum atomic E-state index is -0.297. The highest BCUT2D eigenvalue weighted by atomic mass is 127.